The van der Waals surface area contributed by atoms with Gasteiger partial charge in [-0.15, -0.1) is 0 Å². The Bertz CT molecular complexity index is 1450. The number of benzene rings is 4. The second-order valence-electron chi connectivity index (χ2n) is 12.6. The van der Waals surface area contributed by atoms with Gasteiger partial charge in [0.05, 0.1) is 10.9 Å². The van der Waals surface area contributed by atoms with E-state index in [-0.39, 0.29) is 29.1 Å². The van der Waals surface area contributed by atoms with Gasteiger partial charge >= 0.3 is 5.97 Å². The Kier molecular flexibility index (Phi) is 7.92. The molecule has 0 atom stereocenters. The van der Waals surface area contributed by atoms with Crippen LogP contribution in [0.1, 0.15) is 44.6 Å². The second-order valence-corrected chi connectivity index (χ2v) is 14.6. The minimum atomic E-state index is -0.325. The van der Waals surface area contributed by atoms with E-state index in [1.54, 1.807) is 0 Å². The van der Waals surface area contributed by atoms with Crippen LogP contribution in [-0.4, -0.2) is 18.2 Å². The molecule has 4 aromatic carbocycles. The zero-order valence-electron chi connectivity index (χ0n) is 24.7. The molecule has 5 heteroatoms. The highest BCUT2D eigenvalue weighted by Gasteiger charge is 2.57. The molecule has 220 valence electrons. The molecule has 0 unspecified atom stereocenters. The molecule has 4 aliphatic carbocycles. The summed E-state index contributed by atoms with van der Waals surface area (Å²) in [6, 6.07) is 37.5. The van der Waals surface area contributed by atoms with Gasteiger partial charge in [-0.3, -0.25) is 0 Å². The lowest BCUT2D eigenvalue weighted by Gasteiger charge is -2.59. The van der Waals surface area contributed by atoms with Crippen LogP contribution in [0, 0.1) is 23.7 Å². The van der Waals surface area contributed by atoms with Gasteiger partial charge < -0.3 is 14.2 Å². The average Bonchev–Trinajstić information content (AvgIpc) is 3.04. The fraction of sp³-hybridized carbons (Fsp3) is 0.342. The molecule has 0 saturated heterocycles. The van der Waals surface area contributed by atoms with E-state index in [1.807, 2.05) is 24.3 Å². The molecule has 4 aromatic rings. The summed E-state index contributed by atoms with van der Waals surface area (Å²) >= 11 is 0. The Morgan fingerprint density at radius 2 is 1.14 bits per heavy atom. The largest absolute Gasteiger partial charge is 0.489 e. The SMILES string of the molecule is CC1(OC(=O)COc2ccc(OCc3ccc([S+](c4ccccc4)c4ccccc4)cc3)cc2)C2CC3CC(C2)CC1C3. The van der Waals surface area contributed by atoms with E-state index in [0.717, 1.165) is 23.1 Å². The van der Waals surface area contributed by atoms with Crippen molar-refractivity contribution in [3.63, 3.8) is 0 Å². The van der Waals surface area contributed by atoms with Crippen LogP contribution in [-0.2, 0) is 27.0 Å². The zero-order valence-corrected chi connectivity index (χ0v) is 25.5. The highest BCUT2D eigenvalue weighted by atomic mass is 32.2. The van der Waals surface area contributed by atoms with Crippen molar-refractivity contribution in [2.24, 2.45) is 23.7 Å². The fourth-order valence-electron chi connectivity index (χ4n) is 7.75. The van der Waals surface area contributed by atoms with Crippen molar-refractivity contribution in [3.8, 4) is 11.5 Å². The maximum atomic E-state index is 12.8. The van der Waals surface area contributed by atoms with Crippen LogP contribution in [0.15, 0.2) is 124 Å². The fourth-order valence-corrected chi connectivity index (χ4v) is 9.83. The Morgan fingerprint density at radius 1 is 0.651 bits per heavy atom. The summed E-state index contributed by atoms with van der Waals surface area (Å²) in [6.07, 6.45) is 6.24. The van der Waals surface area contributed by atoms with E-state index >= 15 is 0 Å². The maximum Gasteiger partial charge on any atom is 0.344 e. The third-order valence-electron chi connectivity index (χ3n) is 9.80. The number of carbonyl (C=O) groups excluding carboxylic acids is 1. The summed E-state index contributed by atoms with van der Waals surface area (Å²) in [7, 11) is -0.165. The lowest BCUT2D eigenvalue weighted by Crippen LogP contribution is -2.58. The van der Waals surface area contributed by atoms with E-state index in [2.05, 4.69) is 91.9 Å². The van der Waals surface area contributed by atoms with Gasteiger partial charge in [0, 0.05) is 0 Å². The van der Waals surface area contributed by atoms with Crippen LogP contribution in [0.2, 0.25) is 0 Å². The van der Waals surface area contributed by atoms with E-state index in [0.29, 0.717) is 24.2 Å². The standard InChI is InChI=1S/C38H39O4S/c1-38(30-21-28-20-29(23-30)24-31(38)22-28)42-37(39)26-41-33-16-14-32(15-17-33)40-25-27-12-18-36(19-13-27)43(34-8-4-2-5-9-34)35-10-6-3-7-11-35/h2-19,28-31H,20-26H2,1H3/q+1. The maximum absolute atomic E-state index is 12.8. The van der Waals surface area contributed by atoms with Crippen molar-refractivity contribution in [3.05, 3.63) is 115 Å². The zero-order chi connectivity index (χ0) is 29.2. The molecule has 0 amide bonds. The van der Waals surface area contributed by atoms with Crippen LogP contribution in [0.25, 0.3) is 0 Å². The molecule has 0 aromatic heterocycles. The van der Waals surface area contributed by atoms with Crippen molar-refractivity contribution in [1.82, 2.24) is 0 Å². The van der Waals surface area contributed by atoms with E-state index < -0.39 is 0 Å². The molecule has 0 N–H and O–H groups in total. The highest BCUT2D eigenvalue weighted by molar-refractivity contribution is 7.97. The smallest absolute Gasteiger partial charge is 0.344 e. The van der Waals surface area contributed by atoms with E-state index in [1.165, 1.54) is 46.8 Å². The third-order valence-corrected chi connectivity index (χ3v) is 12.0. The van der Waals surface area contributed by atoms with E-state index in [4.69, 9.17) is 14.2 Å². The topological polar surface area (TPSA) is 44.8 Å². The van der Waals surface area contributed by atoms with E-state index in [9.17, 15) is 4.79 Å². The van der Waals surface area contributed by atoms with Crippen molar-refractivity contribution in [2.45, 2.75) is 65.9 Å². The summed E-state index contributed by atoms with van der Waals surface area (Å²) in [5.74, 6) is 3.84. The molecule has 43 heavy (non-hydrogen) atoms. The summed E-state index contributed by atoms with van der Waals surface area (Å²) in [5.41, 5.74) is 0.781. The summed E-state index contributed by atoms with van der Waals surface area (Å²) in [6.45, 7) is 2.57. The molecule has 4 aliphatic rings. The number of carbonyl (C=O) groups is 1. The Hall–Kier alpha value is -3.70. The van der Waals surface area contributed by atoms with Crippen LogP contribution < -0.4 is 9.47 Å². The van der Waals surface area contributed by atoms with Crippen molar-refractivity contribution >= 4 is 16.9 Å². The van der Waals surface area contributed by atoms with Crippen LogP contribution in [0.3, 0.4) is 0 Å². The molecular weight excluding hydrogens is 552 g/mol. The van der Waals surface area contributed by atoms with Crippen LogP contribution in [0.5, 0.6) is 11.5 Å². The molecule has 8 rings (SSSR count). The van der Waals surface area contributed by atoms with Gasteiger partial charge in [-0.2, -0.15) is 0 Å². The minimum absolute atomic E-state index is 0.0674. The monoisotopic (exact) mass is 591 g/mol. The van der Waals surface area contributed by atoms with Crippen LogP contribution >= 0.6 is 0 Å². The molecule has 4 fully saturated rings. The van der Waals surface area contributed by atoms with Crippen LogP contribution in [0.4, 0.5) is 0 Å². The Balaban J connectivity index is 0.920. The predicted molar refractivity (Wildman–Crippen MR) is 169 cm³/mol. The quantitative estimate of drug-likeness (QED) is 0.137. The number of hydrogen-bond donors (Lipinski definition) is 0. The molecule has 0 spiro atoms. The first-order valence-corrected chi connectivity index (χ1v) is 16.8. The van der Waals surface area contributed by atoms with Gasteiger partial charge in [0.2, 0.25) is 0 Å². The lowest BCUT2D eigenvalue weighted by molar-refractivity contribution is -0.204. The minimum Gasteiger partial charge on any atom is -0.489 e. The normalized spacial score (nSPS) is 25.4. The summed E-state index contributed by atoms with van der Waals surface area (Å²) in [5, 5.41) is 0. The molecular formula is C38H39O4S+. The summed E-state index contributed by atoms with van der Waals surface area (Å²) < 4.78 is 18.0. The first-order valence-electron chi connectivity index (χ1n) is 15.5. The van der Waals surface area contributed by atoms with Crippen molar-refractivity contribution in [1.29, 1.82) is 0 Å². The highest BCUT2D eigenvalue weighted by Crippen LogP contribution is 2.59. The van der Waals surface area contributed by atoms with Gasteiger partial charge in [0.15, 0.2) is 21.3 Å². The molecule has 4 nitrogen and oxygen atoms in total. The predicted octanol–water partition coefficient (Wildman–Crippen LogP) is 8.50. The Morgan fingerprint density at radius 3 is 1.67 bits per heavy atom. The molecule has 0 radical (unpaired) electrons. The average molecular weight is 592 g/mol. The molecule has 0 heterocycles. The Labute approximate surface area is 257 Å². The lowest BCUT2D eigenvalue weighted by atomic mass is 9.50. The van der Waals surface area contributed by atoms with Gasteiger partial charge in [0.1, 0.15) is 23.7 Å². The molecule has 0 aliphatic heterocycles. The number of ether oxygens (including phenoxy) is 3. The third kappa shape index (κ3) is 6.05. The second kappa shape index (κ2) is 12.1. The number of hydrogen-bond acceptors (Lipinski definition) is 4. The number of esters is 1. The first kappa shape index (κ1) is 28.1. The van der Waals surface area contributed by atoms with Gasteiger partial charge in [0.25, 0.3) is 0 Å². The first-order chi connectivity index (χ1) is 21.0. The molecule has 4 saturated carbocycles. The van der Waals surface area contributed by atoms with Gasteiger partial charge in [-0.05, 0) is 129 Å². The van der Waals surface area contributed by atoms with Gasteiger partial charge in [-0.1, -0.05) is 48.5 Å². The van der Waals surface area contributed by atoms with Gasteiger partial charge in [-0.25, -0.2) is 4.79 Å². The summed E-state index contributed by atoms with van der Waals surface area (Å²) in [4.78, 5) is 16.7. The van der Waals surface area contributed by atoms with Crippen molar-refractivity contribution < 1.29 is 19.0 Å². The van der Waals surface area contributed by atoms with Crippen molar-refractivity contribution in [2.75, 3.05) is 6.61 Å². The molecule has 4 bridgehead atoms. The number of rotatable bonds is 10.